The fourth-order valence-electron chi connectivity index (χ4n) is 3.30. The molecule has 0 saturated heterocycles. The summed E-state index contributed by atoms with van der Waals surface area (Å²) in [6.07, 6.45) is 0. The molecule has 0 fully saturated rings. The highest BCUT2D eigenvalue weighted by Gasteiger charge is 2.35. The number of hydrogen-bond acceptors (Lipinski definition) is 6. The first-order valence-electron chi connectivity index (χ1n) is 8.32. The SMILES string of the molecule is COc1ccc([C@@H]2C(C#N)=C(N)Oc3n[nH]c(-c4ccc(Cl)cc4)c32)cc1O. The van der Waals surface area contributed by atoms with E-state index in [1.165, 1.54) is 7.11 Å². The number of nitrogens with zero attached hydrogens (tertiary/aromatic N) is 2. The summed E-state index contributed by atoms with van der Waals surface area (Å²) in [6.45, 7) is 0. The Labute approximate surface area is 165 Å². The van der Waals surface area contributed by atoms with Crippen LogP contribution >= 0.6 is 11.6 Å². The van der Waals surface area contributed by atoms with E-state index in [2.05, 4.69) is 16.3 Å². The molecular formula is C20H15ClN4O3. The Morgan fingerprint density at radius 3 is 2.68 bits per heavy atom. The lowest BCUT2D eigenvalue weighted by Crippen LogP contribution is -2.21. The fraction of sp³-hybridized carbons (Fsp3) is 0.100. The molecule has 0 unspecified atom stereocenters. The number of benzene rings is 2. The van der Waals surface area contributed by atoms with Crippen molar-refractivity contribution in [3.8, 4) is 34.7 Å². The Morgan fingerprint density at radius 1 is 1.29 bits per heavy atom. The average molecular weight is 395 g/mol. The van der Waals surface area contributed by atoms with Crippen molar-refractivity contribution in [3.05, 3.63) is 70.1 Å². The predicted octanol–water partition coefficient (Wildman–Crippen LogP) is 3.66. The van der Waals surface area contributed by atoms with E-state index >= 15 is 0 Å². The summed E-state index contributed by atoms with van der Waals surface area (Å²) in [5.74, 6) is -0.0294. The molecule has 4 N–H and O–H groups in total. The first-order valence-corrected chi connectivity index (χ1v) is 8.70. The van der Waals surface area contributed by atoms with Gasteiger partial charge in [0.05, 0.1) is 24.3 Å². The van der Waals surface area contributed by atoms with Crippen molar-refractivity contribution >= 4 is 11.6 Å². The second-order valence-electron chi connectivity index (χ2n) is 6.18. The molecule has 7 nitrogen and oxygen atoms in total. The van der Waals surface area contributed by atoms with Gasteiger partial charge in [-0.15, -0.1) is 5.10 Å². The van der Waals surface area contributed by atoms with Gasteiger partial charge in [0.1, 0.15) is 11.6 Å². The molecule has 2 heterocycles. The van der Waals surface area contributed by atoms with Gasteiger partial charge in [-0.05, 0) is 29.8 Å². The maximum Gasteiger partial charge on any atom is 0.244 e. The van der Waals surface area contributed by atoms with E-state index < -0.39 is 5.92 Å². The van der Waals surface area contributed by atoms with E-state index in [-0.39, 0.29) is 23.1 Å². The molecule has 0 saturated carbocycles. The minimum absolute atomic E-state index is 0.0236. The van der Waals surface area contributed by atoms with Crippen LogP contribution in [0.4, 0.5) is 0 Å². The van der Waals surface area contributed by atoms with Crippen LogP contribution in [0.5, 0.6) is 17.4 Å². The molecule has 0 bridgehead atoms. The summed E-state index contributed by atoms with van der Waals surface area (Å²) in [4.78, 5) is 0. The molecule has 1 aromatic heterocycles. The Morgan fingerprint density at radius 2 is 2.04 bits per heavy atom. The van der Waals surface area contributed by atoms with Gasteiger partial charge < -0.3 is 20.3 Å². The highest BCUT2D eigenvalue weighted by Crippen LogP contribution is 2.46. The normalized spacial score (nSPS) is 15.5. The first-order chi connectivity index (χ1) is 13.5. The minimum atomic E-state index is -0.574. The van der Waals surface area contributed by atoms with Gasteiger partial charge >= 0.3 is 0 Å². The Bertz CT molecular complexity index is 1130. The molecule has 0 radical (unpaired) electrons. The van der Waals surface area contributed by atoms with Crippen LogP contribution in [-0.4, -0.2) is 22.4 Å². The summed E-state index contributed by atoms with van der Waals surface area (Å²) in [5, 5.41) is 27.7. The third kappa shape index (κ3) is 2.80. The summed E-state index contributed by atoms with van der Waals surface area (Å²) < 4.78 is 10.7. The van der Waals surface area contributed by atoms with Gasteiger partial charge in [-0.3, -0.25) is 5.10 Å². The number of H-pyrrole nitrogens is 1. The standard InChI is InChI=1S/C20H15ClN4O3/c1-27-15-7-4-11(8-14(15)26)16-13(9-22)19(23)28-20-17(16)18(24-25-20)10-2-5-12(21)6-3-10/h2-8,16,26H,23H2,1H3,(H,24,25)/t16-/m1/s1. The van der Waals surface area contributed by atoms with E-state index in [1.54, 1.807) is 30.3 Å². The fourth-order valence-corrected chi connectivity index (χ4v) is 3.43. The molecule has 0 aliphatic carbocycles. The van der Waals surface area contributed by atoms with Crippen molar-refractivity contribution in [2.45, 2.75) is 5.92 Å². The van der Waals surface area contributed by atoms with Gasteiger partial charge in [-0.2, -0.15) is 5.26 Å². The van der Waals surface area contributed by atoms with Crippen molar-refractivity contribution in [3.63, 3.8) is 0 Å². The van der Waals surface area contributed by atoms with Crippen LogP contribution < -0.4 is 15.2 Å². The van der Waals surface area contributed by atoms with E-state index in [1.807, 2.05) is 12.1 Å². The number of hydrogen-bond donors (Lipinski definition) is 3. The zero-order valence-electron chi connectivity index (χ0n) is 14.7. The summed E-state index contributed by atoms with van der Waals surface area (Å²) in [6, 6.07) is 14.3. The van der Waals surface area contributed by atoms with Crippen molar-refractivity contribution in [1.29, 1.82) is 5.26 Å². The number of aromatic hydroxyl groups is 1. The molecule has 3 aromatic rings. The van der Waals surface area contributed by atoms with E-state index in [0.29, 0.717) is 27.6 Å². The Balaban J connectivity index is 1.93. The number of methoxy groups -OCH3 is 1. The van der Waals surface area contributed by atoms with E-state index in [4.69, 9.17) is 26.8 Å². The predicted molar refractivity (Wildman–Crippen MR) is 103 cm³/mol. The lowest BCUT2D eigenvalue weighted by molar-refractivity contribution is 0.371. The average Bonchev–Trinajstić information content (AvgIpc) is 3.10. The largest absolute Gasteiger partial charge is 0.504 e. The monoisotopic (exact) mass is 394 g/mol. The quantitative estimate of drug-likeness (QED) is 0.624. The summed E-state index contributed by atoms with van der Waals surface area (Å²) >= 11 is 5.99. The lowest BCUT2D eigenvalue weighted by atomic mass is 9.83. The molecule has 4 rings (SSSR count). The van der Waals surface area contributed by atoms with E-state index in [0.717, 1.165) is 5.56 Å². The van der Waals surface area contributed by atoms with Crippen LogP contribution in [0.25, 0.3) is 11.3 Å². The molecule has 1 atom stereocenters. The molecular weight excluding hydrogens is 380 g/mol. The van der Waals surface area contributed by atoms with Crippen molar-refractivity contribution < 1.29 is 14.6 Å². The molecule has 8 heteroatoms. The summed E-state index contributed by atoms with van der Waals surface area (Å²) in [5.41, 5.74) is 9.00. The smallest absolute Gasteiger partial charge is 0.244 e. The maximum absolute atomic E-state index is 10.2. The van der Waals surface area contributed by atoms with Gasteiger partial charge in [-0.1, -0.05) is 29.8 Å². The second-order valence-corrected chi connectivity index (χ2v) is 6.62. The zero-order chi connectivity index (χ0) is 19.8. The van der Waals surface area contributed by atoms with Crippen molar-refractivity contribution in [2.75, 3.05) is 7.11 Å². The van der Waals surface area contributed by atoms with Gasteiger partial charge in [0, 0.05) is 10.6 Å². The van der Waals surface area contributed by atoms with Crippen molar-refractivity contribution in [1.82, 2.24) is 10.2 Å². The molecule has 0 amide bonds. The molecule has 2 aromatic carbocycles. The second kappa shape index (κ2) is 6.83. The van der Waals surface area contributed by atoms with Crippen LogP contribution in [0, 0.1) is 11.3 Å². The lowest BCUT2D eigenvalue weighted by Gasteiger charge is -2.24. The third-order valence-electron chi connectivity index (χ3n) is 4.61. The van der Waals surface area contributed by atoms with Gasteiger partial charge in [0.15, 0.2) is 11.5 Å². The number of allylic oxidation sites excluding steroid dienone is 1. The van der Waals surface area contributed by atoms with Crippen LogP contribution in [0.2, 0.25) is 5.02 Å². The van der Waals surface area contributed by atoms with Crippen molar-refractivity contribution in [2.24, 2.45) is 5.73 Å². The highest BCUT2D eigenvalue weighted by molar-refractivity contribution is 6.30. The maximum atomic E-state index is 10.2. The molecule has 0 spiro atoms. The Hall–Kier alpha value is -3.63. The molecule has 140 valence electrons. The number of phenols is 1. The number of nitriles is 1. The number of aromatic nitrogens is 2. The van der Waals surface area contributed by atoms with Crippen LogP contribution in [0.1, 0.15) is 17.0 Å². The third-order valence-corrected chi connectivity index (χ3v) is 4.86. The van der Waals surface area contributed by atoms with Gasteiger partial charge in [0.2, 0.25) is 11.8 Å². The topological polar surface area (TPSA) is 117 Å². The van der Waals surface area contributed by atoms with Crippen LogP contribution in [0.15, 0.2) is 53.9 Å². The number of halogens is 1. The Kier molecular flexibility index (Phi) is 4.34. The van der Waals surface area contributed by atoms with E-state index in [9.17, 15) is 10.4 Å². The van der Waals surface area contributed by atoms with Gasteiger partial charge in [0.25, 0.3) is 0 Å². The number of aromatic amines is 1. The number of nitrogens with one attached hydrogen (secondary N) is 1. The number of nitrogens with two attached hydrogens (primary N) is 1. The van der Waals surface area contributed by atoms with Gasteiger partial charge in [-0.25, -0.2) is 0 Å². The molecule has 1 aliphatic heterocycles. The van der Waals surface area contributed by atoms with Crippen LogP contribution in [-0.2, 0) is 0 Å². The minimum Gasteiger partial charge on any atom is -0.504 e. The number of phenolic OH excluding ortho intramolecular Hbond substituents is 1. The highest BCUT2D eigenvalue weighted by atomic mass is 35.5. The molecule has 28 heavy (non-hydrogen) atoms. The molecule has 1 aliphatic rings. The van der Waals surface area contributed by atoms with Crippen LogP contribution in [0.3, 0.4) is 0 Å². The summed E-state index contributed by atoms with van der Waals surface area (Å²) in [7, 11) is 1.47. The number of rotatable bonds is 3. The first kappa shape index (κ1) is 17.8. The number of ether oxygens (including phenoxy) is 2. The number of fused-ring (bicyclic) bond motifs is 1. The zero-order valence-corrected chi connectivity index (χ0v) is 15.5.